The molecule has 0 spiro atoms. The third-order valence-electron chi connectivity index (χ3n) is 4.04. The van der Waals surface area contributed by atoms with Crippen LogP contribution in [0.25, 0.3) is 10.6 Å². The van der Waals surface area contributed by atoms with Gasteiger partial charge in [-0.25, -0.2) is 9.67 Å². The molecule has 0 aliphatic rings. The van der Waals surface area contributed by atoms with Gasteiger partial charge in [-0.3, -0.25) is 0 Å². The van der Waals surface area contributed by atoms with Gasteiger partial charge in [0, 0.05) is 10.9 Å². The molecule has 0 aliphatic heterocycles. The molecule has 26 heavy (non-hydrogen) atoms. The van der Waals surface area contributed by atoms with Crippen LogP contribution >= 0.6 is 34.0 Å². The van der Waals surface area contributed by atoms with Crippen molar-refractivity contribution in [2.45, 2.75) is 13.8 Å². The summed E-state index contributed by atoms with van der Waals surface area (Å²) in [6, 6.07) is 12.5. The number of rotatable bonds is 4. The molecule has 0 saturated heterocycles. The van der Waals surface area contributed by atoms with Crippen molar-refractivity contribution < 1.29 is 0 Å². The summed E-state index contributed by atoms with van der Waals surface area (Å²) < 4.78 is 1.93. The lowest BCUT2D eigenvalue weighted by Crippen LogP contribution is -2.11. The molecule has 1 aromatic carbocycles. The van der Waals surface area contributed by atoms with Crippen LogP contribution < -0.4 is 4.80 Å². The Morgan fingerprint density at radius 2 is 1.88 bits per heavy atom. The lowest BCUT2D eigenvalue weighted by Gasteiger charge is -2.02. The summed E-state index contributed by atoms with van der Waals surface area (Å²) in [6.45, 7) is 4.23. The minimum absolute atomic E-state index is 0.864. The third kappa shape index (κ3) is 3.62. The van der Waals surface area contributed by atoms with Gasteiger partial charge in [0.1, 0.15) is 0 Å². The quantitative estimate of drug-likeness (QED) is 0.375. The summed E-state index contributed by atoms with van der Waals surface area (Å²) in [5.41, 5.74) is 5.64. The largest absolute Gasteiger partial charge is 0.220 e. The smallest absolute Gasteiger partial charge is 0.211 e. The van der Waals surface area contributed by atoms with E-state index in [0.717, 1.165) is 21.7 Å². The van der Waals surface area contributed by atoms with Gasteiger partial charge >= 0.3 is 0 Å². The van der Waals surface area contributed by atoms with Crippen molar-refractivity contribution in [3.8, 4) is 10.6 Å². The fourth-order valence-electron chi connectivity index (χ4n) is 2.46. The molecular weight excluding hydrogens is 378 g/mol. The highest BCUT2D eigenvalue weighted by Gasteiger charge is 2.08. The summed E-state index contributed by atoms with van der Waals surface area (Å²) in [5.74, 6) is 0. The zero-order chi connectivity index (χ0) is 17.9. The van der Waals surface area contributed by atoms with Crippen LogP contribution in [0.1, 0.15) is 16.7 Å². The lowest BCUT2D eigenvalue weighted by molar-refractivity contribution is 0.856. The average Bonchev–Trinajstić information content (AvgIpc) is 3.37. The van der Waals surface area contributed by atoms with Crippen LogP contribution in [0.2, 0.25) is 0 Å². The second-order valence-electron chi connectivity index (χ2n) is 5.87. The predicted octanol–water partition coefficient (Wildman–Crippen LogP) is 6.07. The molecule has 0 bridgehead atoms. The minimum Gasteiger partial charge on any atom is -0.220 e. The van der Waals surface area contributed by atoms with Gasteiger partial charge < -0.3 is 0 Å². The first-order valence-corrected chi connectivity index (χ1v) is 10.8. The van der Waals surface area contributed by atoms with E-state index >= 15 is 0 Å². The Balaban J connectivity index is 1.83. The van der Waals surface area contributed by atoms with E-state index in [1.54, 1.807) is 34.0 Å². The number of aryl methyl sites for hydroxylation is 2. The summed E-state index contributed by atoms with van der Waals surface area (Å²) >= 11 is 4.99. The summed E-state index contributed by atoms with van der Waals surface area (Å²) in [6.07, 6.45) is 1.89. The number of thiophene rings is 2. The van der Waals surface area contributed by atoms with Crippen LogP contribution in [0.15, 0.2) is 68.0 Å². The Morgan fingerprint density at radius 1 is 0.962 bits per heavy atom. The van der Waals surface area contributed by atoms with Crippen molar-refractivity contribution >= 4 is 45.9 Å². The molecule has 0 saturated carbocycles. The van der Waals surface area contributed by atoms with Crippen LogP contribution in [0, 0.1) is 13.8 Å². The normalized spacial score (nSPS) is 12.3. The SMILES string of the molecule is Cc1ccc(N=c2scc(-c3cccs3)n2N=Cc2ccsc2)cc1C. The molecule has 3 nitrogen and oxygen atoms in total. The van der Waals surface area contributed by atoms with Crippen molar-refractivity contribution in [2.24, 2.45) is 10.1 Å². The Kier molecular flexibility index (Phi) is 4.97. The van der Waals surface area contributed by atoms with E-state index in [2.05, 4.69) is 71.8 Å². The van der Waals surface area contributed by atoms with E-state index in [0.29, 0.717) is 0 Å². The summed E-state index contributed by atoms with van der Waals surface area (Å²) in [5, 5.41) is 13.1. The molecule has 0 N–H and O–H groups in total. The molecule has 0 fully saturated rings. The lowest BCUT2D eigenvalue weighted by atomic mass is 10.1. The Bertz CT molecular complexity index is 1100. The Labute approximate surface area is 164 Å². The first kappa shape index (κ1) is 17.1. The first-order chi connectivity index (χ1) is 12.7. The van der Waals surface area contributed by atoms with Gasteiger partial charge in [0.15, 0.2) is 0 Å². The van der Waals surface area contributed by atoms with Crippen molar-refractivity contribution in [1.29, 1.82) is 0 Å². The van der Waals surface area contributed by atoms with E-state index in [9.17, 15) is 0 Å². The molecule has 3 heterocycles. The molecule has 0 amide bonds. The molecule has 0 atom stereocenters. The van der Waals surface area contributed by atoms with E-state index in [1.807, 2.05) is 10.9 Å². The number of hydrogen-bond acceptors (Lipinski definition) is 5. The van der Waals surface area contributed by atoms with E-state index in [4.69, 9.17) is 10.1 Å². The number of aromatic nitrogens is 1. The van der Waals surface area contributed by atoms with E-state index in [-0.39, 0.29) is 0 Å². The zero-order valence-electron chi connectivity index (χ0n) is 14.4. The monoisotopic (exact) mass is 395 g/mol. The first-order valence-electron chi connectivity index (χ1n) is 8.14. The van der Waals surface area contributed by atoms with Crippen LogP contribution in [-0.2, 0) is 0 Å². The van der Waals surface area contributed by atoms with Gasteiger partial charge in [-0.1, -0.05) is 12.1 Å². The second kappa shape index (κ2) is 7.53. The fraction of sp³-hybridized carbons (Fsp3) is 0.100. The van der Waals surface area contributed by atoms with Crippen molar-refractivity contribution in [1.82, 2.24) is 4.68 Å². The van der Waals surface area contributed by atoms with Gasteiger partial charge in [-0.2, -0.15) is 16.4 Å². The van der Waals surface area contributed by atoms with E-state index in [1.165, 1.54) is 16.0 Å². The highest BCUT2D eigenvalue weighted by atomic mass is 32.1. The molecule has 4 aromatic rings. The van der Waals surface area contributed by atoms with Crippen LogP contribution in [0.5, 0.6) is 0 Å². The number of benzene rings is 1. The summed E-state index contributed by atoms with van der Waals surface area (Å²) in [4.78, 5) is 6.90. The molecular formula is C20H17N3S3. The molecule has 6 heteroatoms. The number of thiazole rings is 1. The molecule has 3 aromatic heterocycles. The highest BCUT2D eigenvalue weighted by molar-refractivity contribution is 7.14. The maximum absolute atomic E-state index is 4.85. The topological polar surface area (TPSA) is 29.6 Å². The van der Waals surface area contributed by atoms with Gasteiger partial charge in [-0.05, 0) is 65.4 Å². The Morgan fingerprint density at radius 3 is 2.62 bits per heavy atom. The van der Waals surface area contributed by atoms with Crippen LogP contribution in [0.3, 0.4) is 0 Å². The van der Waals surface area contributed by atoms with Crippen LogP contribution in [-0.4, -0.2) is 10.9 Å². The molecule has 130 valence electrons. The van der Waals surface area contributed by atoms with Crippen LogP contribution in [0.4, 0.5) is 5.69 Å². The standard InChI is InChI=1S/C20H17N3S3/c1-14-5-6-17(10-15(14)2)22-20-23(21-11-16-7-9-24-12-16)18(13-26-20)19-4-3-8-25-19/h3-13H,1-2H3. The van der Waals surface area contributed by atoms with Crippen molar-refractivity contribution in [3.63, 3.8) is 0 Å². The third-order valence-corrected chi connectivity index (χ3v) is 6.45. The molecule has 0 aliphatic carbocycles. The summed E-state index contributed by atoms with van der Waals surface area (Å²) in [7, 11) is 0. The maximum Gasteiger partial charge on any atom is 0.211 e. The molecule has 4 rings (SSSR count). The maximum atomic E-state index is 4.85. The molecule has 0 unspecified atom stereocenters. The van der Waals surface area contributed by atoms with Crippen molar-refractivity contribution in [3.05, 3.63) is 79.4 Å². The van der Waals surface area contributed by atoms with Gasteiger partial charge in [0.2, 0.25) is 4.80 Å². The Hall–Kier alpha value is -2.28. The van der Waals surface area contributed by atoms with Gasteiger partial charge in [0.25, 0.3) is 0 Å². The zero-order valence-corrected chi connectivity index (χ0v) is 16.9. The number of nitrogens with zero attached hydrogens (tertiary/aromatic N) is 3. The van der Waals surface area contributed by atoms with Crippen molar-refractivity contribution in [2.75, 3.05) is 0 Å². The minimum atomic E-state index is 0.864. The second-order valence-corrected chi connectivity index (χ2v) is 8.44. The molecule has 0 radical (unpaired) electrons. The fourth-order valence-corrected chi connectivity index (χ4v) is 4.72. The van der Waals surface area contributed by atoms with E-state index < -0.39 is 0 Å². The predicted molar refractivity (Wildman–Crippen MR) is 114 cm³/mol. The van der Waals surface area contributed by atoms with Gasteiger partial charge in [-0.15, -0.1) is 22.7 Å². The highest BCUT2D eigenvalue weighted by Crippen LogP contribution is 2.25. The number of hydrogen-bond donors (Lipinski definition) is 0. The van der Waals surface area contributed by atoms with Gasteiger partial charge in [0.05, 0.1) is 22.5 Å². The average molecular weight is 396 g/mol.